The lowest BCUT2D eigenvalue weighted by molar-refractivity contribution is -0.150. The number of aliphatic carboxylic acids is 1. The summed E-state index contributed by atoms with van der Waals surface area (Å²) >= 11 is 0. The van der Waals surface area contributed by atoms with Gasteiger partial charge in [-0.1, -0.05) is 0 Å². The predicted octanol–water partition coefficient (Wildman–Crippen LogP) is 1.31. The van der Waals surface area contributed by atoms with Crippen molar-refractivity contribution in [1.82, 2.24) is 0 Å². The van der Waals surface area contributed by atoms with Crippen LogP contribution < -0.4 is 0 Å². The van der Waals surface area contributed by atoms with Gasteiger partial charge in [-0.15, -0.1) is 0 Å². The van der Waals surface area contributed by atoms with Crippen LogP contribution in [0.15, 0.2) is 0 Å². The molecule has 0 saturated carbocycles. The molecule has 0 aliphatic heterocycles. The number of rotatable bonds is 6. The van der Waals surface area contributed by atoms with Gasteiger partial charge in [0.05, 0.1) is 30.7 Å². The summed E-state index contributed by atoms with van der Waals surface area (Å²) in [6.45, 7) is 8.68. The van der Waals surface area contributed by atoms with E-state index in [-0.39, 0.29) is 12.1 Å². The van der Waals surface area contributed by atoms with Crippen LogP contribution in [0.5, 0.6) is 0 Å². The van der Waals surface area contributed by atoms with Crippen LogP contribution in [0.4, 0.5) is 0 Å². The molecule has 0 rings (SSSR count). The number of methoxy groups -OCH3 is 1. The molecule has 0 unspecified atom stereocenters. The van der Waals surface area contributed by atoms with Crippen LogP contribution in [0.3, 0.4) is 0 Å². The van der Waals surface area contributed by atoms with Crippen molar-refractivity contribution in [2.24, 2.45) is 11.8 Å². The van der Waals surface area contributed by atoms with Gasteiger partial charge >= 0.3 is 11.9 Å². The monoisotopic (exact) mass is 278 g/mol. The zero-order chi connectivity index (χ0) is 15.6. The second-order valence-electron chi connectivity index (χ2n) is 4.35. The average Bonchev–Trinajstić information content (AvgIpc) is 2.36. The molecule has 0 bridgehead atoms. The Hall–Kier alpha value is -1.14. The standard InChI is InChI=1S/C7H14O3.C6H12O3/c1-4-10-7(9)5(2)6(3)8;1-4(6(7)8)5(2)9-3/h5-6,8H,4H2,1-3H3;4-5H,1-3H3,(H,7,8)/t5-,6+;4-,5+/m11/s1. The van der Waals surface area contributed by atoms with E-state index in [0.29, 0.717) is 6.61 Å². The molecule has 0 aliphatic rings. The topological polar surface area (TPSA) is 93.1 Å². The van der Waals surface area contributed by atoms with E-state index in [0.717, 1.165) is 0 Å². The summed E-state index contributed by atoms with van der Waals surface area (Å²) in [5, 5.41) is 17.3. The van der Waals surface area contributed by atoms with Crippen molar-refractivity contribution >= 4 is 11.9 Å². The molecule has 19 heavy (non-hydrogen) atoms. The van der Waals surface area contributed by atoms with E-state index in [1.165, 1.54) is 7.11 Å². The molecular weight excluding hydrogens is 252 g/mol. The van der Waals surface area contributed by atoms with Crippen LogP contribution >= 0.6 is 0 Å². The number of ether oxygens (including phenoxy) is 2. The van der Waals surface area contributed by atoms with E-state index >= 15 is 0 Å². The molecule has 0 aromatic rings. The minimum Gasteiger partial charge on any atom is -0.481 e. The van der Waals surface area contributed by atoms with E-state index in [2.05, 4.69) is 4.74 Å². The van der Waals surface area contributed by atoms with Crippen LogP contribution in [0.1, 0.15) is 34.6 Å². The molecule has 2 N–H and O–H groups in total. The molecule has 6 nitrogen and oxygen atoms in total. The largest absolute Gasteiger partial charge is 0.481 e. The number of hydrogen-bond donors (Lipinski definition) is 2. The third-order valence-corrected chi connectivity index (χ3v) is 2.85. The minimum atomic E-state index is -0.815. The maximum Gasteiger partial charge on any atom is 0.311 e. The third kappa shape index (κ3) is 9.44. The molecular formula is C13H26O6. The van der Waals surface area contributed by atoms with Crippen molar-refractivity contribution in [2.75, 3.05) is 13.7 Å². The first-order chi connectivity index (χ1) is 8.68. The second kappa shape index (κ2) is 10.8. The Balaban J connectivity index is 0. The average molecular weight is 278 g/mol. The third-order valence-electron chi connectivity index (χ3n) is 2.85. The Kier molecular flexibility index (Phi) is 11.4. The fourth-order valence-electron chi connectivity index (χ4n) is 0.876. The number of carbonyl (C=O) groups is 2. The molecule has 0 fully saturated rings. The van der Waals surface area contributed by atoms with Gasteiger partial charge in [-0.3, -0.25) is 9.59 Å². The highest BCUT2D eigenvalue weighted by Crippen LogP contribution is 2.04. The van der Waals surface area contributed by atoms with Gasteiger partial charge in [0, 0.05) is 7.11 Å². The van der Waals surface area contributed by atoms with Crippen LogP contribution in [0.2, 0.25) is 0 Å². The Morgan fingerprint density at radius 3 is 1.79 bits per heavy atom. The zero-order valence-electron chi connectivity index (χ0n) is 12.5. The summed E-state index contributed by atoms with van der Waals surface area (Å²) in [6.07, 6.45) is -0.832. The molecule has 4 atom stereocenters. The van der Waals surface area contributed by atoms with Gasteiger partial charge in [-0.2, -0.15) is 0 Å². The van der Waals surface area contributed by atoms with Gasteiger partial charge in [0.1, 0.15) is 0 Å². The molecule has 6 heteroatoms. The maximum absolute atomic E-state index is 10.8. The van der Waals surface area contributed by atoms with E-state index in [9.17, 15) is 9.59 Å². The SMILES string of the molecule is CCOC(=O)[C@H](C)[C@H](C)O.CO[C@@H](C)[C@@H](C)C(=O)O. The molecule has 0 amide bonds. The summed E-state index contributed by atoms with van der Waals surface area (Å²) in [7, 11) is 1.50. The molecule has 0 aliphatic carbocycles. The zero-order valence-corrected chi connectivity index (χ0v) is 12.5. The van der Waals surface area contributed by atoms with Crippen LogP contribution in [-0.4, -0.2) is 48.1 Å². The number of esters is 1. The maximum atomic E-state index is 10.8. The van der Waals surface area contributed by atoms with E-state index in [4.69, 9.17) is 14.9 Å². The fraction of sp³-hybridized carbons (Fsp3) is 0.846. The highest BCUT2D eigenvalue weighted by molar-refractivity contribution is 5.72. The summed E-state index contributed by atoms with van der Waals surface area (Å²) < 4.78 is 9.46. The quantitative estimate of drug-likeness (QED) is 0.711. The normalized spacial score (nSPS) is 16.4. The molecule has 0 saturated heterocycles. The molecule has 114 valence electrons. The fourth-order valence-corrected chi connectivity index (χ4v) is 0.876. The van der Waals surface area contributed by atoms with Gasteiger partial charge in [0.2, 0.25) is 0 Å². The predicted molar refractivity (Wildman–Crippen MR) is 70.7 cm³/mol. The molecule has 0 spiro atoms. The van der Waals surface area contributed by atoms with Gasteiger partial charge in [-0.05, 0) is 34.6 Å². The first kappa shape index (κ1) is 20.2. The van der Waals surface area contributed by atoms with Crippen molar-refractivity contribution in [3.8, 4) is 0 Å². The molecule has 0 heterocycles. The van der Waals surface area contributed by atoms with E-state index < -0.39 is 23.9 Å². The summed E-state index contributed by atoms with van der Waals surface area (Å²) in [4.78, 5) is 21.0. The van der Waals surface area contributed by atoms with E-state index in [1.54, 1.807) is 34.6 Å². The highest BCUT2D eigenvalue weighted by atomic mass is 16.5. The van der Waals surface area contributed by atoms with Crippen LogP contribution in [-0.2, 0) is 19.1 Å². The van der Waals surface area contributed by atoms with Crippen LogP contribution in [0, 0.1) is 11.8 Å². The lowest BCUT2D eigenvalue weighted by Gasteiger charge is -2.12. The smallest absolute Gasteiger partial charge is 0.311 e. The number of aliphatic hydroxyl groups is 1. The number of hydrogen-bond acceptors (Lipinski definition) is 5. The summed E-state index contributed by atoms with van der Waals surface area (Å²) in [5.74, 6) is -1.99. The molecule has 0 aromatic heterocycles. The number of carbonyl (C=O) groups excluding carboxylic acids is 1. The Labute approximate surface area is 114 Å². The van der Waals surface area contributed by atoms with Crippen molar-refractivity contribution in [1.29, 1.82) is 0 Å². The second-order valence-corrected chi connectivity index (χ2v) is 4.35. The van der Waals surface area contributed by atoms with Crippen molar-refractivity contribution in [3.05, 3.63) is 0 Å². The first-order valence-electron chi connectivity index (χ1n) is 6.29. The summed E-state index contributed by atoms with van der Waals surface area (Å²) in [6, 6.07) is 0. The van der Waals surface area contributed by atoms with Gasteiger partial charge < -0.3 is 19.7 Å². The minimum absolute atomic E-state index is 0.206. The number of carboxylic acids is 1. The number of carboxylic acid groups (broad SMARTS) is 1. The van der Waals surface area contributed by atoms with Crippen molar-refractivity contribution in [2.45, 2.75) is 46.8 Å². The molecule has 0 radical (unpaired) electrons. The van der Waals surface area contributed by atoms with Crippen LogP contribution in [0.25, 0.3) is 0 Å². The van der Waals surface area contributed by atoms with Gasteiger partial charge in [-0.25, -0.2) is 0 Å². The molecule has 0 aromatic carbocycles. The Morgan fingerprint density at radius 2 is 1.58 bits per heavy atom. The van der Waals surface area contributed by atoms with E-state index in [1.807, 2.05) is 0 Å². The summed E-state index contributed by atoms with van der Waals surface area (Å²) in [5.41, 5.74) is 0. The highest BCUT2D eigenvalue weighted by Gasteiger charge is 2.18. The van der Waals surface area contributed by atoms with Crippen molar-refractivity contribution in [3.63, 3.8) is 0 Å². The van der Waals surface area contributed by atoms with Gasteiger partial charge in [0.15, 0.2) is 0 Å². The van der Waals surface area contributed by atoms with Crippen molar-refractivity contribution < 1.29 is 29.3 Å². The lowest BCUT2D eigenvalue weighted by atomic mass is 10.1. The lowest BCUT2D eigenvalue weighted by Crippen LogP contribution is -2.24. The Bertz CT molecular complexity index is 264. The Morgan fingerprint density at radius 1 is 1.11 bits per heavy atom. The number of aliphatic hydroxyl groups excluding tert-OH is 1. The van der Waals surface area contributed by atoms with Gasteiger partial charge in [0.25, 0.3) is 0 Å². The first-order valence-corrected chi connectivity index (χ1v) is 6.29.